The summed E-state index contributed by atoms with van der Waals surface area (Å²) in [6.45, 7) is 0. The van der Waals surface area contributed by atoms with Gasteiger partial charge >= 0.3 is 5.97 Å². The molecule has 1 heterocycles. The zero-order valence-electron chi connectivity index (χ0n) is 10.3. The highest BCUT2D eigenvalue weighted by molar-refractivity contribution is 6.05. The maximum atomic E-state index is 11.7. The predicted molar refractivity (Wildman–Crippen MR) is 72.8 cm³/mol. The number of fused-ring (bicyclic) bond motifs is 1. The number of esters is 1. The lowest BCUT2D eigenvalue weighted by Gasteiger charge is -1.99. The number of nitrogens with zero attached hydrogens (tertiary/aromatic N) is 1. The van der Waals surface area contributed by atoms with Crippen LogP contribution in [-0.2, 0) is 4.74 Å². The van der Waals surface area contributed by atoms with Gasteiger partial charge in [-0.3, -0.25) is 10.1 Å². The van der Waals surface area contributed by atoms with E-state index in [9.17, 15) is 14.9 Å². The van der Waals surface area contributed by atoms with Gasteiger partial charge in [0.1, 0.15) is 5.76 Å². The topological polar surface area (TPSA) is 69.4 Å². The van der Waals surface area contributed by atoms with E-state index in [4.69, 9.17) is 4.74 Å². The number of nitro groups is 1. The Labute approximate surface area is 114 Å². The van der Waals surface area contributed by atoms with Crippen molar-refractivity contribution in [1.82, 2.24) is 0 Å². The molecular formula is C15H9NO4. The van der Waals surface area contributed by atoms with Crippen molar-refractivity contribution >= 4 is 23.5 Å². The van der Waals surface area contributed by atoms with Gasteiger partial charge in [0.2, 0.25) is 0 Å². The van der Waals surface area contributed by atoms with Crippen molar-refractivity contribution in [3.05, 3.63) is 75.3 Å². The van der Waals surface area contributed by atoms with Gasteiger partial charge in [0.05, 0.1) is 10.5 Å². The summed E-state index contributed by atoms with van der Waals surface area (Å²) in [4.78, 5) is 21.8. The summed E-state index contributed by atoms with van der Waals surface area (Å²) in [6, 6.07) is 13.1. The summed E-state index contributed by atoms with van der Waals surface area (Å²) in [7, 11) is 0. The van der Waals surface area contributed by atoms with E-state index < -0.39 is 4.92 Å². The molecule has 1 aliphatic heterocycles. The molecule has 5 nitrogen and oxygen atoms in total. The zero-order chi connectivity index (χ0) is 14.1. The molecule has 3 rings (SSSR count). The summed E-state index contributed by atoms with van der Waals surface area (Å²) in [5.41, 5.74) is 2.02. The van der Waals surface area contributed by atoms with Crippen molar-refractivity contribution in [2.24, 2.45) is 0 Å². The average Bonchev–Trinajstić information content (AvgIpc) is 2.77. The van der Waals surface area contributed by atoms with E-state index in [2.05, 4.69) is 0 Å². The summed E-state index contributed by atoms with van der Waals surface area (Å²) < 4.78 is 5.20. The highest BCUT2D eigenvalue weighted by Crippen LogP contribution is 2.31. The van der Waals surface area contributed by atoms with Crippen LogP contribution in [0.1, 0.15) is 21.5 Å². The molecule has 0 atom stereocenters. The molecule has 0 spiro atoms. The van der Waals surface area contributed by atoms with E-state index in [0.29, 0.717) is 11.3 Å². The van der Waals surface area contributed by atoms with E-state index in [0.717, 1.165) is 11.1 Å². The number of rotatable bonds is 2. The van der Waals surface area contributed by atoms with Crippen LogP contribution >= 0.6 is 0 Å². The summed E-state index contributed by atoms with van der Waals surface area (Å²) in [5, 5.41) is 10.6. The quantitative estimate of drug-likeness (QED) is 0.475. The van der Waals surface area contributed by atoms with Crippen molar-refractivity contribution in [2.45, 2.75) is 0 Å². The van der Waals surface area contributed by atoms with E-state index in [1.54, 1.807) is 36.4 Å². The van der Waals surface area contributed by atoms with Gasteiger partial charge in [-0.1, -0.05) is 18.2 Å². The molecule has 2 aromatic carbocycles. The number of non-ortho nitro benzene ring substituents is 1. The molecule has 0 fully saturated rings. The molecule has 2 aromatic rings. The normalized spacial score (nSPS) is 15.0. The number of ether oxygens (including phenoxy) is 1. The Hall–Kier alpha value is -2.95. The number of nitro benzene ring substituents is 1. The first-order valence-corrected chi connectivity index (χ1v) is 5.93. The maximum absolute atomic E-state index is 11.7. The van der Waals surface area contributed by atoms with Gasteiger partial charge < -0.3 is 4.74 Å². The van der Waals surface area contributed by atoms with Crippen LogP contribution in [0.3, 0.4) is 0 Å². The molecule has 0 unspecified atom stereocenters. The van der Waals surface area contributed by atoms with Crippen LogP contribution in [0.15, 0.2) is 48.5 Å². The van der Waals surface area contributed by atoms with Crippen LogP contribution in [0.5, 0.6) is 0 Å². The van der Waals surface area contributed by atoms with Crippen molar-refractivity contribution < 1.29 is 14.5 Å². The Morgan fingerprint density at radius 2 is 1.65 bits per heavy atom. The standard InChI is InChI=1S/C15H9NO4/c17-15-13-4-2-1-3-12(13)14(20-15)9-10-5-7-11(8-6-10)16(18)19/h1-9H/b14-9-. The third kappa shape index (κ3) is 2.05. The van der Waals surface area contributed by atoms with Crippen molar-refractivity contribution in [3.63, 3.8) is 0 Å². The molecule has 0 radical (unpaired) electrons. The number of benzene rings is 2. The Balaban J connectivity index is 1.98. The van der Waals surface area contributed by atoms with Crippen molar-refractivity contribution in [3.8, 4) is 0 Å². The molecule has 0 aromatic heterocycles. The second kappa shape index (κ2) is 4.62. The molecule has 0 bridgehead atoms. The lowest BCUT2D eigenvalue weighted by atomic mass is 10.1. The minimum Gasteiger partial charge on any atom is -0.422 e. The van der Waals surface area contributed by atoms with E-state index in [1.807, 2.05) is 6.07 Å². The van der Waals surface area contributed by atoms with Gasteiger partial charge in [-0.25, -0.2) is 4.79 Å². The molecule has 5 heteroatoms. The Bertz CT molecular complexity index is 732. The molecule has 0 saturated heterocycles. The minimum absolute atomic E-state index is 0.0240. The molecule has 0 saturated carbocycles. The molecule has 98 valence electrons. The van der Waals surface area contributed by atoms with Crippen LogP contribution in [0.4, 0.5) is 5.69 Å². The first-order chi connectivity index (χ1) is 9.65. The number of carbonyl (C=O) groups excluding carboxylic acids is 1. The minimum atomic E-state index is -0.457. The second-order valence-electron chi connectivity index (χ2n) is 4.29. The van der Waals surface area contributed by atoms with Crippen LogP contribution in [-0.4, -0.2) is 10.9 Å². The summed E-state index contributed by atoms with van der Waals surface area (Å²) in [5.74, 6) is 0.0771. The Morgan fingerprint density at radius 1 is 1.00 bits per heavy atom. The van der Waals surface area contributed by atoms with Crippen LogP contribution < -0.4 is 0 Å². The van der Waals surface area contributed by atoms with E-state index in [1.165, 1.54) is 12.1 Å². The number of cyclic esters (lactones) is 1. The Kier molecular flexibility index (Phi) is 2.80. The van der Waals surface area contributed by atoms with Gasteiger partial charge in [0, 0.05) is 17.7 Å². The van der Waals surface area contributed by atoms with Gasteiger partial charge in [0.25, 0.3) is 5.69 Å². The fourth-order valence-corrected chi connectivity index (χ4v) is 2.04. The maximum Gasteiger partial charge on any atom is 0.344 e. The molecule has 0 aliphatic carbocycles. The van der Waals surface area contributed by atoms with E-state index in [-0.39, 0.29) is 11.7 Å². The summed E-state index contributed by atoms with van der Waals surface area (Å²) >= 11 is 0. The molecule has 0 N–H and O–H groups in total. The van der Waals surface area contributed by atoms with Crippen molar-refractivity contribution in [1.29, 1.82) is 0 Å². The second-order valence-corrected chi connectivity index (χ2v) is 4.29. The lowest BCUT2D eigenvalue weighted by Crippen LogP contribution is -1.92. The van der Waals surface area contributed by atoms with Crippen LogP contribution in [0.25, 0.3) is 11.8 Å². The fraction of sp³-hybridized carbons (Fsp3) is 0. The molecule has 0 amide bonds. The van der Waals surface area contributed by atoms with Crippen molar-refractivity contribution in [2.75, 3.05) is 0 Å². The number of hydrogen-bond donors (Lipinski definition) is 0. The van der Waals surface area contributed by atoms with Gasteiger partial charge in [-0.15, -0.1) is 0 Å². The molecular weight excluding hydrogens is 258 g/mol. The highest BCUT2D eigenvalue weighted by atomic mass is 16.6. The fourth-order valence-electron chi connectivity index (χ4n) is 2.04. The van der Waals surface area contributed by atoms with Gasteiger partial charge in [0.15, 0.2) is 0 Å². The van der Waals surface area contributed by atoms with Gasteiger partial charge in [-0.05, 0) is 29.8 Å². The van der Waals surface area contributed by atoms with Gasteiger partial charge in [-0.2, -0.15) is 0 Å². The third-order valence-electron chi connectivity index (χ3n) is 3.02. The summed E-state index contributed by atoms with van der Waals surface area (Å²) in [6.07, 6.45) is 1.69. The largest absolute Gasteiger partial charge is 0.422 e. The SMILES string of the molecule is O=C1O/C(=C\c2ccc([N+](=O)[O-])cc2)c2ccccc21. The van der Waals surface area contributed by atoms with E-state index >= 15 is 0 Å². The van der Waals surface area contributed by atoms with Crippen LogP contribution in [0, 0.1) is 10.1 Å². The van der Waals surface area contributed by atoms with Crippen LogP contribution in [0.2, 0.25) is 0 Å². The number of carbonyl (C=O) groups is 1. The Morgan fingerprint density at radius 3 is 2.30 bits per heavy atom. The monoisotopic (exact) mass is 267 g/mol. The zero-order valence-corrected chi connectivity index (χ0v) is 10.3. The first kappa shape index (κ1) is 12.1. The third-order valence-corrected chi connectivity index (χ3v) is 3.02. The average molecular weight is 267 g/mol. The number of hydrogen-bond acceptors (Lipinski definition) is 4. The lowest BCUT2D eigenvalue weighted by molar-refractivity contribution is -0.384. The highest BCUT2D eigenvalue weighted by Gasteiger charge is 2.25. The molecule has 20 heavy (non-hydrogen) atoms. The molecule has 1 aliphatic rings. The first-order valence-electron chi connectivity index (χ1n) is 5.93. The predicted octanol–water partition coefficient (Wildman–Crippen LogP) is 3.26. The smallest absolute Gasteiger partial charge is 0.344 e.